The van der Waals surface area contributed by atoms with Gasteiger partial charge in [0.25, 0.3) is 0 Å². The van der Waals surface area contributed by atoms with Gasteiger partial charge in [0, 0.05) is 0 Å². The predicted molar refractivity (Wildman–Crippen MR) is 71.3 cm³/mol. The molecule has 3 rings (SSSR count). The van der Waals surface area contributed by atoms with E-state index in [-0.39, 0.29) is 12.4 Å². The van der Waals surface area contributed by atoms with E-state index in [0.29, 0.717) is 0 Å². The Kier molecular flexibility index (Phi) is 3.05. The minimum atomic E-state index is -0.741. The minimum Gasteiger partial charge on any atom is -0.455 e. The maximum absolute atomic E-state index is 11.1. The van der Waals surface area contributed by atoms with Crippen LogP contribution in [0.25, 0.3) is 11.1 Å². The molecular formula is C16H14O3. The molecule has 1 aliphatic heterocycles. The van der Waals surface area contributed by atoms with Gasteiger partial charge in [-0.1, -0.05) is 54.6 Å². The molecule has 0 unspecified atom stereocenters. The highest BCUT2D eigenvalue weighted by Crippen LogP contribution is 2.31. The Hall–Kier alpha value is -2.13. The largest absolute Gasteiger partial charge is 0.455 e. The van der Waals surface area contributed by atoms with Crippen LogP contribution in [-0.4, -0.2) is 17.2 Å². The first-order valence-electron chi connectivity index (χ1n) is 6.27. The molecule has 2 aromatic carbocycles. The number of ether oxygens (including phenoxy) is 1. The van der Waals surface area contributed by atoms with E-state index >= 15 is 0 Å². The van der Waals surface area contributed by atoms with E-state index in [2.05, 4.69) is 0 Å². The van der Waals surface area contributed by atoms with Gasteiger partial charge in [-0.3, -0.25) is 4.79 Å². The number of benzene rings is 2. The molecule has 3 heteroatoms. The van der Waals surface area contributed by atoms with Crippen LogP contribution in [0.15, 0.2) is 54.6 Å². The van der Waals surface area contributed by atoms with Crippen LogP contribution in [0.5, 0.6) is 0 Å². The zero-order chi connectivity index (χ0) is 13.2. The maximum atomic E-state index is 11.1. The maximum Gasteiger partial charge on any atom is 0.309 e. The van der Waals surface area contributed by atoms with Crippen LogP contribution in [0, 0.1) is 0 Å². The van der Waals surface area contributed by atoms with E-state index in [9.17, 15) is 9.90 Å². The lowest BCUT2D eigenvalue weighted by molar-refractivity contribution is -0.142. The number of hydrogen-bond donors (Lipinski definition) is 1. The van der Waals surface area contributed by atoms with Gasteiger partial charge in [0.05, 0.1) is 6.42 Å². The van der Waals surface area contributed by atoms with Crippen molar-refractivity contribution in [1.29, 1.82) is 0 Å². The summed E-state index contributed by atoms with van der Waals surface area (Å²) in [6.45, 7) is 0. The van der Waals surface area contributed by atoms with E-state index in [4.69, 9.17) is 4.74 Å². The van der Waals surface area contributed by atoms with Crippen molar-refractivity contribution in [3.63, 3.8) is 0 Å². The number of carbonyl (C=O) groups is 1. The Morgan fingerprint density at radius 2 is 1.58 bits per heavy atom. The summed E-state index contributed by atoms with van der Waals surface area (Å²) >= 11 is 0. The second-order valence-electron chi connectivity index (χ2n) is 4.67. The van der Waals surface area contributed by atoms with E-state index in [0.717, 1.165) is 16.7 Å². The molecule has 0 amide bonds. The first-order chi connectivity index (χ1) is 9.24. The van der Waals surface area contributed by atoms with Crippen molar-refractivity contribution < 1.29 is 14.6 Å². The number of carbonyl (C=O) groups excluding carboxylic acids is 1. The molecule has 1 heterocycles. The number of aliphatic hydroxyl groups excluding tert-OH is 1. The molecule has 0 aliphatic carbocycles. The summed E-state index contributed by atoms with van der Waals surface area (Å²) in [5.41, 5.74) is 3.07. The first-order valence-corrected chi connectivity index (χ1v) is 6.27. The van der Waals surface area contributed by atoms with Crippen LogP contribution in [0.3, 0.4) is 0 Å². The molecule has 0 spiro atoms. The summed E-state index contributed by atoms with van der Waals surface area (Å²) in [5.74, 6) is -0.343. The van der Waals surface area contributed by atoms with Crippen molar-refractivity contribution in [1.82, 2.24) is 0 Å². The standard InChI is InChI=1S/C16H14O3/c17-14-10-15(18)19-16(14)13-8-6-12(7-9-13)11-4-2-1-3-5-11/h1-9,14,16-17H,10H2/t14-,16+/m0/s1. The topological polar surface area (TPSA) is 46.5 Å². The lowest BCUT2D eigenvalue weighted by Gasteiger charge is -2.13. The third-order valence-corrected chi connectivity index (χ3v) is 3.33. The fraction of sp³-hybridized carbons (Fsp3) is 0.188. The molecule has 2 atom stereocenters. The van der Waals surface area contributed by atoms with Gasteiger partial charge in [0.1, 0.15) is 6.10 Å². The average molecular weight is 254 g/mol. The molecule has 1 aliphatic rings. The Morgan fingerprint density at radius 1 is 0.947 bits per heavy atom. The highest BCUT2D eigenvalue weighted by Gasteiger charge is 2.34. The van der Waals surface area contributed by atoms with Gasteiger partial charge in [-0.05, 0) is 16.7 Å². The van der Waals surface area contributed by atoms with Crippen LogP contribution in [0.1, 0.15) is 18.1 Å². The normalized spacial score (nSPS) is 22.3. The highest BCUT2D eigenvalue weighted by molar-refractivity contribution is 5.73. The van der Waals surface area contributed by atoms with Crippen molar-refractivity contribution in [2.45, 2.75) is 18.6 Å². The highest BCUT2D eigenvalue weighted by atomic mass is 16.6. The lowest BCUT2D eigenvalue weighted by Crippen LogP contribution is -2.11. The Morgan fingerprint density at radius 3 is 2.16 bits per heavy atom. The van der Waals surface area contributed by atoms with E-state index < -0.39 is 12.2 Å². The van der Waals surface area contributed by atoms with Crippen LogP contribution in [0.4, 0.5) is 0 Å². The second-order valence-corrected chi connectivity index (χ2v) is 4.67. The molecule has 3 nitrogen and oxygen atoms in total. The van der Waals surface area contributed by atoms with Crippen molar-refractivity contribution >= 4 is 5.97 Å². The molecule has 19 heavy (non-hydrogen) atoms. The molecule has 96 valence electrons. The van der Waals surface area contributed by atoms with Crippen molar-refractivity contribution in [3.8, 4) is 11.1 Å². The van der Waals surface area contributed by atoms with Gasteiger partial charge in [-0.2, -0.15) is 0 Å². The van der Waals surface area contributed by atoms with Crippen LogP contribution in [-0.2, 0) is 9.53 Å². The van der Waals surface area contributed by atoms with Gasteiger partial charge in [-0.15, -0.1) is 0 Å². The SMILES string of the molecule is O=C1C[C@H](O)[C@@H](c2ccc(-c3ccccc3)cc2)O1. The summed E-state index contributed by atoms with van der Waals surface area (Å²) in [6.07, 6.45) is -1.20. The smallest absolute Gasteiger partial charge is 0.309 e. The molecule has 0 bridgehead atoms. The first kappa shape index (κ1) is 11.9. The average Bonchev–Trinajstić information content (AvgIpc) is 2.79. The number of cyclic esters (lactones) is 1. The zero-order valence-electron chi connectivity index (χ0n) is 10.3. The van der Waals surface area contributed by atoms with Crippen molar-refractivity contribution in [2.24, 2.45) is 0 Å². The molecule has 2 aromatic rings. The molecule has 0 aromatic heterocycles. The van der Waals surface area contributed by atoms with E-state index in [1.165, 1.54) is 0 Å². The van der Waals surface area contributed by atoms with Crippen molar-refractivity contribution in [2.75, 3.05) is 0 Å². The quantitative estimate of drug-likeness (QED) is 0.838. The van der Waals surface area contributed by atoms with E-state index in [1.807, 2.05) is 54.6 Å². The lowest BCUT2D eigenvalue weighted by atomic mass is 10.00. The number of hydrogen-bond acceptors (Lipinski definition) is 3. The van der Waals surface area contributed by atoms with Gasteiger partial charge < -0.3 is 9.84 Å². The van der Waals surface area contributed by atoms with Crippen molar-refractivity contribution in [3.05, 3.63) is 60.2 Å². The predicted octanol–water partition coefficient (Wildman–Crippen LogP) is 2.70. The Balaban J connectivity index is 1.85. The molecule has 0 saturated carbocycles. The zero-order valence-corrected chi connectivity index (χ0v) is 10.3. The molecule has 1 fully saturated rings. The third kappa shape index (κ3) is 2.37. The third-order valence-electron chi connectivity index (χ3n) is 3.33. The summed E-state index contributed by atoms with van der Waals surface area (Å²) in [7, 11) is 0. The van der Waals surface area contributed by atoms with E-state index in [1.54, 1.807) is 0 Å². The van der Waals surface area contributed by atoms with Crippen LogP contribution >= 0.6 is 0 Å². The van der Waals surface area contributed by atoms with Crippen LogP contribution < -0.4 is 0 Å². The molecular weight excluding hydrogens is 240 g/mol. The van der Waals surface area contributed by atoms with Gasteiger partial charge in [0.15, 0.2) is 6.10 Å². The summed E-state index contributed by atoms with van der Waals surface area (Å²) in [4.78, 5) is 11.1. The van der Waals surface area contributed by atoms with Gasteiger partial charge >= 0.3 is 5.97 Å². The molecule has 1 N–H and O–H groups in total. The van der Waals surface area contributed by atoms with Crippen LogP contribution in [0.2, 0.25) is 0 Å². The molecule has 1 saturated heterocycles. The Bertz CT molecular complexity index is 575. The summed E-state index contributed by atoms with van der Waals surface area (Å²) in [6, 6.07) is 17.8. The monoisotopic (exact) mass is 254 g/mol. The summed E-state index contributed by atoms with van der Waals surface area (Å²) < 4.78 is 5.12. The number of aliphatic hydroxyl groups is 1. The fourth-order valence-corrected chi connectivity index (χ4v) is 2.33. The Labute approximate surface area is 111 Å². The number of rotatable bonds is 2. The second kappa shape index (κ2) is 4.86. The van der Waals surface area contributed by atoms with Gasteiger partial charge in [0.2, 0.25) is 0 Å². The fourth-order valence-electron chi connectivity index (χ4n) is 2.33. The molecule has 0 radical (unpaired) electrons. The summed E-state index contributed by atoms with van der Waals surface area (Å²) in [5, 5.41) is 9.75. The van der Waals surface area contributed by atoms with Gasteiger partial charge in [-0.25, -0.2) is 0 Å². The minimum absolute atomic E-state index is 0.0745. The number of esters is 1.